The third-order valence-corrected chi connectivity index (χ3v) is 5.25. The maximum atomic E-state index is 12.5. The molecule has 0 spiro atoms. The number of ether oxygens (including phenoxy) is 2. The van der Waals surface area contributed by atoms with Crippen LogP contribution in [-0.2, 0) is 16.6 Å². The fourth-order valence-corrected chi connectivity index (χ4v) is 3.36. The van der Waals surface area contributed by atoms with Gasteiger partial charge in [-0.3, -0.25) is 0 Å². The number of rotatable bonds is 7. The van der Waals surface area contributed by atoms with E-state index in [2.05, 4.69) is 14.7 Å². The van der Waals surface area contributed by atoms with Crippen LogP contribution in [0.2, 0.25) is 0 Å². The van der Waals surface area contributed by atoms with Gasteiger partial charge >= 0.3 is 0 Å². The Hall–Kier alpha value is -2.19. The van der Waals surface area contributed by atoms with Gasteiger partial charge in [-0.25, -0.2) is 23.1 Å². The molecule has 1 aliphatic carbocycles. The van der Waals surface area contributed by atoms with Crippen LogP contribution < -0.4 is 14.2 Å². The van der Waals surface area contributed by atoms with Crippen LogP contribution in [0.25, 0.3) is 0 Å². The molecule has 0 bridgehead atoms. The molecule has 1 heterocycles. The molecule has 1 aromatic carbocycles. The van der Waals surface area contributed by atoms with Crippen molar-refractivity contribution >= 4 is 10.0 Å². The normalized spacial score (nSPS) is 14.4. The molecule has 1 aliphatic rings. The lowest BCUT2D eigenvalue weighted by atomic mass is 10.2. The first kappa shape index (κ1) is 16.7. The molecular formula is C16H19N3O4S. The Bertz CT molecular complexity index is 835. The summed E-state index contributed by atoms with van der Waals surface area (Å²) in [5.74, 6) is 1.33. The van der Waals surface area contributed by atoms with Gasteiger partial charge in [-0.15, -0.1) is 0 Å². The quantitative estimate of drug-likeness (QED) is 0.820. The van der Waals surface area contributed by atoms with Crippen molar-refractivity contribution in [1.82, 2.24) is 14.7 Å². The van der Waals surface area contributed by atoms with E-state index >= 15 is 0 Å². The third-order valence-electron chi connectivity index (χ3n) is 3.85. The summed E-state index contributed by atoms with van der Waals surface area (Å²) in [5, 5.41) is 0. The molecule has 1 fully saturated rings. The van der Waals surface area contributed by atoms with Crippen molar-refractivity contribution in [1.29, 1.82) is 0 Å². The smallest absolute Gasteiger partial charge is 0.241 e. The summed E-state index contributed by atoms with van der Waals surface area (Å²) in [6, 6.07) is 6.31. The monoisotopic (exact) mass is 349 g/mol. The Morgan fingerprint density at radius 3 is 2.54 bits per heavy atom. The highest BCUT2D eigenvalue weighted by Crippen LogP contribution is 2.38. The minimum atomic E-state index is -3.68. The van der Waals surface area contributed by atoms with E-state index in [4.69, 9.17) is 9.47 Å². The van der Waals surface area contributed by atoms with Crippen molar-refractivity contribution < 1.29 is 17.9 Å². The molecular weight excluding hydrogens is 330 g/mol. The Labute approximate surface area is 141 Å². The number of hydrogen-bond acceptors (Lipinski definition) is 6. The summed E-state index contributed by atoms with van der Waals surface area (Å²) < 4.78 is 37.7. The lowest BCUT2D eigenvalue weighted by molar-refractivity contribution is 0.354. The van der Waals surface area contributed by atoms with Crippen molar-refractivity contribution in [2.45, 2.75) is 30.2 Å². The van der Waals surface area contributed by atoms with E-state index in [1.54, 1.807) is 6.07 Å². The van der Waals surface area contributed by atoms with E-state index < -0.39 is 10.0 Å². The lowest BCUT2D eigenvalue weighted by Gasteiger charge is -2.11. The third kappa shape index (κ3) is 3.65. The SMILES string of the molecule is COc1ccc(S(=O)(=O)NCc2cc(C3CC3)ncn2)cc1OC. The van der Waals surface area contributed by atoms with Gasteiger partial charge in [-0.05, 0) is 31.0 Å². The van der Waals surface area contributed by atoms with Gasteiger partial charge in [0.15, 0.2) is 11.5 Å². The number of sulfonamides is 1. The largest absolute Gasteiger partial charge is 0.493 e. The first-order valence-electron chi connectivity index (χ1n) is 7.56. The van der Waals surface area contributed by atoms with Crippen molar-refractivity contribution in [3.63, 3.8) is 0 Å². The van der Waals surface area contributed by atoms with Crippen LogP contribution in [0.1, 0.15) is 30.1 Å². The van der Waals surface area contributed by atoms with E-state index in [1.807, 2.05) is 6.07 Å². The van der Waals surface area contributed by atoms with Crippen molar-refractivity contribution in [3.05, 3.63) is 42.0 Å². The number of nitrogens with one attached hydrogen (secondary N) is 1. The molecule has 0 aliphatic heterocycles. The Morgan fingerprint density at radius 2 is 1.88 bits per heavy atom. The van der Waals surface area contributed by atoms with Crippen molar-refractivity contribution in [2.75, 3.05) is 14.2 Å². The van der Waals surface area contributed by atoms with E-state index in [1.165, 1.54) is 32.7 Å². The van der Waals surface area contributed by atoms with Crippen LogP contribution in [0, 0.1) is 0 Å². The van der Waals surface area contributed by atoms with Gasteiger partial charge in [0, 0.05) is 17.7 Å². The number of hydrogen-bond donors (Lipinski definition) is 1. The van der Waals surface area contributed by atoms with Crippen LogP contribution in [0.5, 0.6) is 11.5 Å². The fourth-order valence-electron chi connectivity index (χ4n) is 2.35. The van der Waals surface area contributed by atoms with Crippen LogP contribution >= 0.6 is 0 Å². The molecule has 1 saturated carbocycles. The molecule has 0 saturated heterocycles. The number of methoxy groups -OCH3 is 2. The van der Waals surface area contributed by atoms with E-state index in [0.29, 0.717) is 23.1 Å². The van der Waals surface area contributed by atoms with Crippen molar-refractivity contribution in [3.8, 4) is 11.5 Å². The molecule has 0 radical (unpaired) electrons. The highest BCUT2D eigenvalue weighted by molar-refractivity contribution is 7.89. The first-order valence-corrected chi connectivity index (χ1v) is 9.04. The Morgan fingerprint density at radius 1 is 1.12 bits per heavy atom. The number of benzene rings is 1. The second kappa shape index (κ2) is 6.74. The molecule has 0 atom stereocenters. The van der Waals surface area contributed by atoms with Gasteiger partial charge in [0.25, 0.3) is 0 Å². The standard InChI is InChI=1S/C16H19N3O4S/c1-22-15-6-5-13(8-16(15)23-2)24(20,21)19-9-12-7-14(11-3-4-11)18-10-17-12/h5-8,10-11,19H,3-4,9H2,1-2H3. The summed E-state index contributed by atoms with van der Waals surface area (Å²) in [6.07, 6.45) is 3.75. The Kier molecular flexibility index (Phi) is 4.68. The molecule has 1 N–H and O–H groups in total. The van der Waals surface area contributed by atoms with Crippen LogP contribution in [0.4, 0.5) is 0 Å². The zero-order valence-electron chi connectivity index (χ0n) is 13.5. The van der Waals surface area contributed by atoms with Crippen LogP contribution in [-0.4, -0.2) is 32.6 Å². The minimum absolute atomic E-state index is 0.108. The Balaban J connectivity index is 1.75. The minimum Gasteiger partial charge on any atom is -0.493 e. The van der Waals surface area contributed by atoms with E-state index in [9.17, 15) is 8.42 Å². The molecule has 8 heteroatoms. The van der Waals surface area contributed by atoms with Gasteiger partial charge in [-0.1, -0.05) is 0 Å². The number of nitrogens with zero attached hydrogens (tertiary/aromatic N) is 2. The molecule has 3 rings (SSSR count). The molecule has 0 amide bonds. The average Bonchev–Trinajstić information content (AvgIpc) is 3.45. The molecule has 128 valence electrons. The first-order chi connectivity index (χ1) is 11.5. The van der Waals surface area contributed by atoms with Crippen molar-refractivity contribution in [2.24, 2.45) is 0 Å². The predicted molar refractivity (Wildman–Crippen MR) is 87.6 cm³/mol. The second-order valence-electron chi connectivity index (χ2n) is 5.55. The van der Waals surface area contributed by atoms with Gasteiger partial charge < -0.3 is 9.47 Å². The molecule has 1 aromatic heterocycles. The highest BCUT2D eigenvalue weighted by atomic mass is 32.2. The van der Waals surface area contributed by atoms with Gasteiger partial charge in [-0.2, -0.15) is 0 Å². The summed E-state index contributed by atoms with van der Waals surface area (Å²) in [7, 11) is -0.722. The summed E-state index contributed by atoms with van der Waals surface area (Å²) in [6.45, 7) is 0.110. The van der Waals surface area contributed by atoms with E-state index in [0.717, 1.165) is 18.5 Å². The van der Waals surface area contributed by atoms with E-state index in [-0.39, 0.29) is 11.4 Å². The molecule has 24 heavy (non-hydrogen) atoms. The van der Waals surface area contributed by atoms with Crippen LogP contribution in [0.3, 0.4) is 0 Å². The summed E-state index contributed by atoms with van der Waals surface area (Å²) in [4.78, 5) is 8.46. The molecule has 2 aromatic rings. The number of aromatic nitrogens is 2. The zero-order valence-corrected chi connectivity index (χ0v) is 14.3. The summed E-state index contributed by atoms with van der Waals surface area (Å²) in [5.41, 5.74) is 1.63. The van der Waals surface area contributed by atoms with Gasteiger partial charge in [0.1, 0.15) is 6.33 Å². The topological polar surface area (TPSA) is 90.4 Å². The van der Waals surface area contributed by atoms with Gasteiger partial charge in [0.05, 0.1) is 31.4 Å². The maximum Gasteiger partial charge on any atom is 0.241 e. The molecule has 0 unspecified atom stereocenters. The zero-order chi connectivity index (χ0) is 17.2. The lowest BCUT2D eigenvalue weighted by Crippen LogP contribution is -2.24. The predicted octanol–water partition coefficient (Wildman–Crippen LogP) is 1.85. The fraction of sp³-hybridized carbons (Fsp3) is 0.375. The second-order valence-corrected chi connectivity index (χ2v) is 7.32. The highest BCUT2D eigenvalue weighted by Gasteiger charge is 2.25. The average molecular weight is 349 g/mol. The summed E-state index contributed by atoms with van der Waals surface area (Å²) >= 11 is 0. The maximum absolute atomic E-state index is 12.5. The van der Waals surface area contributed by atoms with Crippen LogP contribution in [0.15, 0.2) is 35.5 Å². The van der Waals surface area contributed by atoms with Gasteiger partial charge in [0.2, 0.25) is 10.0 Å². The molecule has 7 nitrogen and oxygen atoms in total.